The monoisotopic (exact) mass is 160 g/mol. The van der Waals surface area contributed by atoms with Gasteiger partial charge in [0.25, 0.3) is 0 Å². The van der Waals surface area contributed by atoms with Gasteiger partial charge in [0.1, 0.15) is 17.7 Å². The van der Waals surface area contributed by atoms with Crippen molar-refractivity contribution in [3.05, 3.63) is 23.8 Å². The van der Waals surface area contributed by atoms with Crippen LogP contribution in [0.2, 0.25) is 0 Å². The molecular formula is C10H12N2. The van der Waals surface area contributed by atoms with Gasteiger partial charge >= 0.3 is 0 Å². The molecule has 0 bridgehead atoms. The first-order chi connectivity index (χ1) is 5.85. The van der Waals surface area contributed by atoms with Crippen molar-refractivity contribution in [3.8, 4) is 12.1 Å². The van der Waals surface area contributed by atoms with E-state index in [-0.39, 0.29) is 5.57 Å². The number of hydrogen-bond donors (Lipinski definition) is 0. The second-order valence-corrected chi connectivity index (χ2v) is 2.37. The van der Waals surface area contributed by atoms with E-state index in [9.17, 15) is 0 Å². The summed E-state index contributed by atoms with van der Waals surface area (Å²) in [6.07, 6.45) is 8.60. The van der Waals surface area contributed by atoms with Gasteiger partial charge in [0.15, 0.2) is 0 Å². The molecule has 0 aliphatic rings. The lowest BCUT2D eigenvalue weighted by atomic mass is 10.2. The van der Waals surface area contributed by atoms with Gasteiger partial charge in [0.05, 0.1) is 0 Å². The van der Waals surface area contributed by atoms with Crippen LogP contribution in [0, 0.1) is 22.7 Å². The minimum atomic E-state index is 0.155. The van der Waals surface area contributed by atoms with E-state index in [1.807, 2.05) is 6.08 Å². The van der Waals surface area contributed by atoms with Crippen molar-refractivity contribution in [3.63, 3.8) is 0 Å². The molecule has 0 aliphatic heterocycles. The fourth-order valence-electron chi connectivity index (χ4n) is 0.682. The van der Waals surface area contributed by atoms with Crippen molar-refractivity contribution >= 4 is 0 Å². The van der Waals surface area contributed by atoms with E-state index in [2.05, 4.69) is 6.92 Å². The molecule has 0 rings (SSSR count). The van der Waals surface area contributed by atoms with Crippen molar-refractivity contribution < 1.29 is 0 Å². The van der Waals surface area contributed by atoms with Gasteiger partial charge in [-0.1, -0.05) is 31.9 Å². The van der Waals surface area contributed by atoms with E-state index in [4.69, 9.17) is 10.5 Å². The van der Waals surface area contributed by atoms with Crippen LogP contribution in [0.4, 0.5) is 0 Å². The van der Waals surface area contributed by atoms with Crippen LogP contribution in [0.1, 0.15) is 26.2 Å². The van der Waals surface area contributed by atoms with Crippen molar-refractivity contribution in [1.29, 1.82) is 10.5 Å². The summed E-state index contributed by atoms with van der Waals surface area (Å²) in [6, 6.07) is 3.58. The molecular weight excluding hydrogens is 148 g/mol. The van der Waals surface area contributed by atoms with Crippen LogP contribution < -0.4 is 0 Å². The molecule has 0 amide bonds. The van der Waals surface area contributed by atoms with Gasteiger partial charge in [-0.25, -0.2) is 0 Å². The molecule has 0 atom stereocenters. The van der Waals surface area contributed by atoms with Crippen molar-refractivity contribution in [2.45, 2.75) is 26.2 Å². The average Bonchev–Trinajstić information content (AvgIpc) is 2.11. The standard InChI is InChI=1S/C10H12N2/c1-2-3-4-5-6-7-10(8-11)9-12/h5-7H,2-4H2,1H3. The SMILES string of the molecule is CCCCC=CC=C(C#N)C#N. The molecule has 2 nitrogen and oxygen atoms in total. The molecule has 0 radical (unpaired) electrons. The quantitative estimate of drug-likeness (QED) is 0.360. The molecule has 0 fully saturated rings. The normalized spacial score (nSPS) is 8.92. The summed E-state index contributed by atoms with van der Waals surface area (Å²) in [7, 11) is 0. The highest BCUT2D eigenvalue weighted by Gasteiger charge is 1.85. The molecule has 0 saturated carbocycles. The molecule has 0 N–H and O–H groups in total. The van der Waals surface area contributed by atoms with Gasteiger partial charge in [-0.15, -0.1) is 0 Å². The summed E-state index contributed by atoms with van der Waals surface area (Å²) in [5, 5.41) is 16.7. The Morgan fingerprint density at radius 3 is 2.50 bits per heavy atom. The molecule has 0 saturated heterocycles. The minimum absolute atomic E-state index is 0.155. The van der Waals surface area contributed by atoms with Crippen molar-refractivity contribution in [1.82, 2.24) is 0 Å². The summed E-state index contributed by atoms with van der Waals surface area (Å²) >= 11 is 0. The lowest BCUT2D eigenvalue weighted by molar-refractivity contribution is 0.815. The predicted molar refractivity (Wildman–Crippen MR) is 48.0 cm³/mol. The van der Waals surface area contributed by atoms with Gasteiger partial charge in [-0.05, 0) is 12.5 Å². The van der Waals surface area contributed by atoms with Crippen LogP contribution in [0.3, 0.4) is 0 Å². The van der Waals surface area contributed by atoms with Gasteiger partial charge in [0, 0.05) is 0 Å². The van der Waals surface area contributed by atoms with Crippen molar-refractivity contribution in [2.24, 2.45) is 0 Å². The molecule has 0 aromatic heterocycles. The largest absolute Gasteiger partial charge is 0.192 e. The first-order valence-electron chi connectivity index (χ1n) is 4.02. The van der Waals surface area contributed by atoms with Crippen LogP contribution in [-0.4, -0.2) is 0 Å². The molecule has 62 valence electrons. The Hall–Kier alpha value is -1.54. The summed E-state index contributed by atoms with van der Waals surface area (Å²) in [5.41, 5.74) is 0.155. The van der Waals surface area contributed by atoms with E-state index in [0.717, 1.165) is 19.3 Å². The molecule has 0 aliphatic carbocycles. The lowest BCUT2D eigenvalue weighted by Crippen LogP contribution is -1.69. The van der Waals surface area contributed by atoms with Gasteiger partial charge < -0.3 is 0 Å². The summed E-state index contributed by atoms with van der Waals surface area (Å²) < 4.78 is 0. The number of nitrogens with zero attached hydrogens (tertiary/aromatic N) is 2. The average molecular weight is 160 g/mol. The molecule has 2 heteroatoms. The van der Waals surface area contributed by atoms with Crippen LogP contribution >= 0.6 is 0 Å². The number of hydrogen-bond acceptors (Lipinski definition) is 2. The third-order valence-corrected chi connectivity index (χ3v) is 1.36. The molecule has 0 aromatic carbocycles. The lowest BCUT2D eigenvalue weighted by Gasteiger charge is -1.85. The van der Waals surface area contributed by atoms with E-state index in [1.165, 1.54) is 6.08 Å². The minimum Gasteiger partial charge on any atom is -0.192 e. The number of rotatable bonds is 4. The fourth-order valence-corrected chi connectivity index (χ4v) is 0.682. The highest BCUT2D eigenvalue weighted by atomic mass is 14.3. The fraction of sp³-hybridized carbons (Fsp3) is 0.400. The van der Waals surface area contributed by atoms with Crippen LogP contribution in [0.5, 0.6) is 0 Å². The number of allylic oxidation sites excluding steroid dienone is 4. The Balaban J connectivity index is 3.81. The van der Waals surface area contributed by atoms with Crippen LogP contribution in [0.25, 0.3) is 0 Å². The Bertz CT molecular complexity index is 232. The molecule has 0 heterocycles. The van der Waals surface area contributed by atoms with E-state index < -0.39 is 0 Å². The Morgan fingerprint density at radius 2 is 2.00 bits per heavy atom. The molecule has 12 heavy (non-hydrogen) atoms. The second-order valence-electron chi connectivity index (χ2n) is 2.37. The smallest absolute Gasteiger partial charge is 0.129 e. The van der Waals surface area contributed by atoms with Gasteiger partial charge in [0.2, 0.25) is 0 Å². The number of unbranched alkanes of at least 4 members (excludes halogenated alkanes) is 2. The maximum atomic E-state index is 8.35. The Labute approximate surface area is 73.4 Å². The maximum Gasteiger partial charge on any atom is 0.129 e. The first-order valence-corrected chi connectivity index (χ1v) is 4.02. The van der Waals surface area contributed by atoms with E-state index in [1.54, 1.807) is 18.2 Å². The third kappa shape index (κ3) is 5.26. The highest BCUT2D eigenvalue weighted by molar-refractivity contribution is 5.37. The Kier molecular flexibility index (Phi) is 6.59. The van der Waals surface area contributed by atoms with Crippen molar-refractivity contribution in [2.75, 3.05) is 0 Å². The molecule has 0 aromatic rings. The van der Waals surface area contributed by atoms with Gasteiger partial charge in [-0.2, -0.15) is 10.5 Å². The topological polar surface area (TPSA) is 47.6 Å². The van der Waals surface area contributed by atoms with E-state index >= 15 is 0 Å². The van der Waals surface area contributed by atoms with E-state index in [0.29, 0.717) is 0 Å². The maximum absolute atomic E-state index is 8.35. The first kappa shape index (κ1) is 10.5. The zero-order valence-electron chi connectivity index (χ0n) is 7.25. The second kappa shape index (κ2) is 7.57. The molecule has 0 unspecified atom stereocenters. The summed E-state index contributed by atoms with van der Waals surface area (Å²) in [5.74, 6) is 0. The van der Waals surface area contributed by atoms with Crippen LogP contribution in [-0.2, 0) is 0 Å². The van der Waals surface area contributed by atoms with Crippen LogP contribution in [0.15, 0.2) is 23.8 Å². The highest BCUT2D eigenvalue weighted by Crippen LogP contribution is 1.96. The summed E-state index contributed by atoms with van der Waals surface area (Å²) in [6.45, 7) is 2.12. The zero-order chi connectivity index (χ0) is 9.23. The number of nitriles is 2. The third-order valence-electron chi connectivity index (χ3n) is 1.36. The predicted octanol–water partition coefficient (Wildman–Crippen LogP) is 2.71. The van der Waals surface area contributed by atoms with Gasteiger partial charge in [-0.3, -0.25) is 0 Å². The Morgan fingerprint density at radius 1 is 1.33 bits per heavy atom. The zero-order valence-corrected chi connectivity index (χ0v) is 7.25. The summed E-state index contributed by atoms with van der Waals surface area (Å²) in [4.78, 5) is 0. The molecule has 0 spiro atoms.